The molecule has 0 unspecified atom stereocenters. The second kappa shape index (κ2) is 9.92. The molecule has 1 fully saturated rings. The third kappa shape index (κ3) is 5.20. The Morgan fingerprint density at radius 2 is 2.12 bits per heavy atom. The Labute approximate surface area is 165 Å². The van der Waals surface area contributed by atoms with Crippen molar-refractivity contribution in [1.82, 2.24) is 25.3 Å². The van der Waals surface area contributed by atoms with Gasteiger partial charge in [0.25, 0.3) is 5.91 Å². The van der Waals surface area contributed by atoms with E-state index >= 15 is 0 Å². The number of hydrogen-bond donors (Lipinski definition) is 2. The standard InChI is InChI=1S/C18H24ClN5O.ClH/c1-14-17(13-22-24(14)16-5-2-4-15(19)12-16)18(25)21-6-3-9-23-10-7-20-8-11-23;/h2,4-5,12-13,20H,3,6-11H2,1H3,(H,21,25);1H. The lowest BCUT2D eigenvalue weighted by molar-refractivity contribution is 0.0950. The van der Waals surface area contributed by atoms with Gasteiger partial charge in [0.05, 0.1) is 23.1 Å². The molecule has 2 N–H and O–H groups in total. The monoisotopic (exact) mass is 397 g/mol. The first-order valence-corrected chi connectivity index (χ1v) is 9.05. The third-order valence-corrected chi connectivity index (χ3v) is 4.69. The molecule has 0 saturated carbocycles. The smallest absolute Gasteiger partial charge is 0.254 e. The summed E-state index contributed by atoms with van der Waals surface area (Å²) in [5.74, 6) is -0.0777. The molecule has 1 aliphatic heterocycles. The highest BCUT2D eigenvalue weighted by atomic mass is 35.5. The van der Waals surface area contributed by atoms with Crippen molar-refractivity contribution in [3.63, 3.8) is 0 Å². The molecule has 1 saturated heterocycles. The Hall–Kier alpha value is -1.60. The van der Waals surface area contributed by atoms with Gasteiger partial charge in [-0.1, -0.05) is 17.7 Å². The summed E-state index contributed by atoms with van der Waals surface area (Å²) in [5.41, 5.74) is 2.26. The molecular weight excluding hydrogens is 373 g/mol. The number of halogens is 2. The second-order valence-corrected chi connectivity index (χ2v) is 6.67. The van der Waals surface area contributed by atoms with Gasteiger partial charge in [0.2, 0.25) is 0 Å². The lowest BCUT2D eigenvalue weighted by Crippen LogP contribution is -2.44. The van der Waals surface area contributed by atoms with Gasteiger partial charge in [-0.25, -0.2) is 4.68 Å². The number of aromatic nitrogens is 2. The van der Waals surface area contributed by atoms with Crippen LogP contribution < -0.4 is 10.6 Å². The lowest BCUT2D eigenvalue weighted by atomic mass is 10.2. The molecule has 1 aromatic carbocycles. The molecule has 0 bridgehead atoms. The molecule has 6 nitrogen and oxygen atoms in total. The molecule has 8 heteroatoms. The number of piperazine rings is 1. The fourth-order valence-electron chi connectivity index (χ4n) is 3.04. The lowest BCUT2D eigenvalue weighted by Gasteiger charge is -2.27. The van der Waals surface area contributed by atoms with E-state index in [1.165, 1.54) is 0 Å². The van der Waals surface area contributed by atoms with Crippen LogP contribution >= 0.6 is 24.0 Å². The van der Waals surface area contributed by atoms with E-state index in [4.69, 9.17) is 11.6 Å². The number of benzene rings is 1. The van der Waals surface area contributed by atoms with Crippen LogP contribution in [0.4, 0.5) is 0 Å². The van der Waals surface area contributed by atoms with Crippen LogP contribution in [0.1, 0.15) is 22.5 Å². The molecule has 0 aliphatic carbocycles. The van der Waals surface area contributed by atoms with E-state index in [2.05, 4.69) is 20.6 Å². The van der Waals surface area contributed by atoms with E-state index in [0.29, 0.717) is 17.1 Å². The molecule has 142 valence electrons. The maximum Gasteiger partial charge on any atom is 0.254 e. The zero-order valence-electron chi connectivity index (χ0n) is 14.9. The molecule has 26 heavy (non-hydrogen) atoms. The summed E-state index contributed by atoms with van der Waals surface area (Å²) in [7, 11) is 0. The summed E-state index contributed by atoms with van der Waals surface area (Å²) < 4.78 is 1.74. The molecule has 1 amide bonds. The number of rotatable bonds is 6. The summed E-state index contributed by atoms with van der Waals surface area (Å²) in [6.07, 6.45) is 2.56. The highest BCUT2D eigenvalue weighted by molar-refractivity contribution is 6.30. The Bertz CT molecular complexity index is 728. The van der Waals surface area contributed by atoms with E-state index in [9.17, 15) is 4.79 Å². The second-order valence-electron chi connectivity index (χ2n) is 6.24. The summed E-state index contributed by atoms with van der Waals surface area (Å²) in [5, 5.41) is 11.3. The zero-order valence-corrected chi connectivity index (χ0v) is 16.4. The van der Waals surface area contributed by atoms with Crippen LogP contribution in [0.25, 0.3) is 5.69 Å². The molecule has 1 aromatic heterocycles. The van der Waals surface area contributed by atoms with Crippen LogP contribution in [-0.2, 0) is 0 Å². The van der Waals surface area contributed by atoms with Gasteiger partial charge in [-0.15, -0.1) is 12.4 Å². The fraction of sp³-hybridized carbons (Fsp3) is 0.444. The molecule has 1 aliphatic rings. The Kier molecular flexibility index (Phi) is 7.90. The van der Waals surface area contributed by atoms with Crippen molar-refractivity contribution in [2.75, 3.05) is 39.3 Å². The molecule has 0 atom stereocenters. The van der Waals surface area contributed by atoms with E-state index < -0.39 is 0 Å². The summed E-state index contributed by atoms with van der Waals surface area (Å²) in [6.45, 7) is 7.85. The van der Waals surface area contributed by atoms with Crippen molar-refractivity contribution in [3.8, 4) is 5.69 Å². The van der Waals surface area contributed by atoms with Gasteiger partial charge in [0.1, 0.15) is 0 Å². The van der Waals surface area contributed by atoms with Crippen LogP contribution in [-0.4, -0.2) is 59.9 Å². The number of carbonyl (C=O) groups is 1. The molecule has 2 aromatic rings. The van der Waals surface area contributed by atoms with Gasteiger partial charge >= 0.3 is 0 Å². The minimum atomic E-state index is -0.0777. The first kappa shape index (κ1) is 20.7. The van der Waals surface area contributed by atoms with Crippen molar-refractivity contribution in [2.24, 2.45) is 0 Å². The quantitative estimate of drug-likeness (QED) is 0.733. The fourth-order valence-corrected chi connectivity index (χ4v) is 3.22. The van der Waals surface area contributed by atoms with Crippen molar-refractivity contribution < 1.29 is 4.79 Å². The molecule has 0 spiro atoms. The van der Waals surface area contributed by atoms with Gasteiger partial charge in [-0.05, 0) is 38.1 Å². The topological polar surface area (TPSA) is 62.2 Å². The first-order valence-electron chi connectivity index (χ1n) is 8.67. The highest BCUT2D eigenvalue weighted by Gasteiger charge is 2.15. The van der Waals surface area contributed by atoms with Crippen molar-refractivity contribution in [2.45, 2.75) is 13.3 Å². The van der Waals surface area contributed by atoms with E-state index in [1.807, 2.05) is 31.2 Å². The van der Waals surface area contributed by atoms with Gasteiger partial charge in [-0.2, -0.15) is 5.10 Å². The maximum atomic E-state index is 12.4. The Morgan fingerprint density at radius 3 is 2.85 bits per heavy atom. The van der Waals surface area contributed by atoms with Crippen LogP contribution in [0, 0.1) is 6.92 Å². The minimum Gasteiger partial charge on any atom is -0.352 e. The number of nitrogens with zero attached hydrogens (tertiary/aromatic N) is 3. The Morgan fingerprint density at radius 1 is 1.35 bits per heavy atom. The van der Waals surface area contributed by atoms with Crippen LogP contribution in [0.2, 0.25) is 5.02 Å². The van der Waals surface area contributed by atoms with Crippen molar-refractivity contribution in [3.05, 3.63) is 46.7 Å². The van der Waals surface area contributed by atoms with Gasteiger partial charge in [-0.3, -0.25) is 4.79 Å². The molecule has 0 radical (unpaired) electrons. The van der Waals surface area contributed by atoms with Crippen molar-refractivity contribution >= 4 is 29.9 Å². The SMILES string of the molecule is Cc1c(C(=O)NCCCN2CCNCC2)cnn1-c1cccc(Cl)c1.Cl. The number of carbonyl (C=O) groups excluding carboxylic acids is 1. The summed E-state index contributed by atoms with van der Waals surface area (Å²) >= 11 is 6.04. The van der Waals surface area contributed by atoms with Crippen LogP contribution in [0.5, 0.6) is 0 Å². The number of nitrogens with one attached hydrogen (secondary N) is 2. The van der Waals surface area contributed by atoms with Gasteiger partial charge in [0.15, 0.2) is 0 Å². The predicted molar refractivity (Wildman–Crippen MR) is 107 cm³/mol. The number of amides is 1. The Balaban J connectivity index is 0.00000243. The zero-order chi connectivity index (χ0) is 17.6. The molecule has 3 rings (SSSR count). The third-order valence-electron chi connectivity index (χ3n) is 4.45. The average Bonchev–Trinajstić information content (AvgIpc) is 3.01. The first-order chi connectivity index (χ1) is 12.1. The van der Waals surface area contributed by atoms with Crippen LogP contribution in [0.15, 0.2) is 30.5 Å². The number of hydrogen-bond acceptors (Lipinski definition) is 4. The highest BCUT2D eigenvalue weighted by Crippen LogP contribution is 2.17. The van der Waals surface area contributed by atoms with Gasteiger partial charge < -0.3 is 15.5 Å². The maximum absolute atomic E-state index is 12.4. The predicted octanol–water partition coefficient (Wildman–Crippen LogP) is 2.28. The molecular formula is C18H25Cl2N5O. The normalized spacial score (nSPS) is 14.7. The molecule has 2 heterocycles. The van der Waals surface area contributed by atoms with E-state index in [1.54, 1.807) is 10.9 Å². The average molecular weight is 398 g/mol. The summed E-state index contributed by atoms with van der Waals surface area (Å²) in [4.78, 5) is 14.8. The van der Waals surface area contributed by atoms with Crippen molar-refractivity contribution in [1.29, 1.82) is 0 Å². The van der Waals surface area contributed by atoms with E-state index in [-0.39, 0.29) is 18.3 Å². The largest absolute Gasteiger partial charge is 0.352 e. The van der Waals surface area contributed by atoms with E-state index in [0.717, 1.165) is 50.5 Å². The summed E-state index contributed by atoms with van der Waals surface area (Å²) in [6, 6.07) is 7.43. The van der Waals surface area contributed by atoms with Gasteiger partial charge in [0, 0.05) is 37.7 Å². The minimum absolute atomic E-state index is 0. The van der Waals surface area contributed by atoms with Crippen LogP contribution in [0.3, 0.4) is 0 Å².